The van der Waals surface area contributed by atoms with E-state index in [0.717, 1.165) is 18.9 Å². The first-order valence-corrected chi connectivity index (χ1v) is 8.53. The van der Waals surface area contributed by atoms with Crippen molar-refractivity contribution in [1.29, 1.82) is 0 Å². The Bertz CT molecular complexity index is 674. The quantitative estimate of drug-likeness (QED) is 0.838. The SMILES string of the molecule is C[C@H](OC[C@H]1CCCO1)C(=O)NS(=O)(=O)c1ccc(F)c(F)c1. The van der Waals surface area contributed by atoms with Crippen molar-refractivity contribution >= 4 is 15.9 Å². The molecular weight excluding hydrogens is 332 g/mol. The van der Waals surface area contributed by atoms with E-state index in [2.05, 4.69) is 0 Å². The van der Waals surface area contributed by atoms with Gasteiger partial charge in [0.15, 0.2) is 11.6 Å². The molecule has 0 bridgehead atoms. The number of amides is 1. The molecule has 9 heteroatoms. The van der Waals surface area contributed by atoms with Crippen LogP contribution in [0.2, 0.25) is 0 Å². The van der Waals surface area contributed by atoms with Gasteiger partial charge in [-0.1, -0.05) is 0 Å². The molecule has 1 aliphatic heterocycles. The van der Waals surface area contributed by atoms with E-state index in [4.69, 9.17) is 9.47 Å². The average molecular weight is 349 g/mol. The number of hydrogen-bond donors (Lipinski definition) is 1. The molecule has 0 radical (unpaired) electrons. The fourth-order valence-electron chi connectivity index (χ4n) is 2.02. The number of ether oxygens (including phenoxy) is 2. The minimum absolute atomic E-state index is 0.104. The molecule has 1 aromatic carbocycles. The van der Waals surface area contributed by atoms with Crippen LogP contribution in [0.5, 0.6) is 0 Å². The van der Waals surface area contributed by atoms with E-state index >= 15 is 0 Å². The van der Waals surface area contributed by atoms with Crippen LogP contribution in [-0.4, -0.2) is 39.7 Å². The summed E-state index contributed by atoms with van der Waals surface area (Å²) in [6.07, 6.45) is 0.605. The van der Waals surface area contributed by atoms with Crippen LogP contribution in [0.15, 0.2) is 23.1 Å². The second-order valence-corrected chi connectivity index (χ2v) is 6.84. The molecule has 1 fully saturated rings. The third-order valence-corrected chi connectivity index (χ3v) is 4.71. The molecule has 1 heterocycles. The van der Waals surface area contributed by atoms with Crippen LogP contribution in [0.3, 0.4) is 0 Å². The van der Waals surface area contributed by atoms with Gasteiger partial charge >= 0.3 is 0 Å². The summed E-state index contributed by atoms with van der Waals surface area (Å²) in [5, 5.41) is 0. The second kappa shape index (κ2) is 7.33. The first kappa shape index (κ1) is 17.8. The van der Waals surface area contributed by atoms with Gasteiger partial charge in [0.1, 0.15) is 6.10 Å². The molecule has 2 atom stereocenters. The largest absolute Gasteiger partial charge is 0.376 e. The zero-order valence-corrected chi connectivity index (χ0v) is 13.2. The Morgan fingerprint density at radius 1 is 1.43 bits per heavy atom. The summed E-state index contributed by atoms with van der Waals surface area (Å²) in [6, 6.07) is 2.04. The van der Waals surface area contributed by atoms with E-state index in [0.29, 0.717) is 18.7 Å². The Kier molecular flexibility index (Phi) is 5.66. The zero-order chi connectivity index (χ0) is 17.0. The predicted octanol–water partition coefficient (Wildman–Crippen LogP) is 1.35. The minimum atomic E-state index is -4.30. The molecule has 6 nitrogen and oxygen atoms in total. The van der Waals surface area contributed by atoms with Gasteiger partial charge in [0.25, 0.3) is 15.9 Å². The van der Waals surface area contributed by atoms with Crippen LogP contribution < -0.4 is 4.72 Å². The molecule has 0 aliphatic carbocycles. The van der Waals surface area contributed by atoms with Gasteiger partial charge in [-0.3, -0.25) is 4.79 Å². The molecule has 1 amide bonds. The highest BCUT2D eigenvalue weighted by atomic mass is 32.2. The summed E-state index contributed by atoms with van der Waals surface area (Å²) >= 11 is 0. The van der Waals surface area contributed by atoms with Crippen LogP contribution in [0.25, 0.3) is 0 Å². The van der Waals surface area contributed by atoms with E-state index in [1.54, 1.807) is 4.72 Å². The van der Waals surface area contributed by atoms with Gasteiger partial charge in [-0.25, -0.2) is 21.9 Å². The molecule has 1 saturated heterocycles. The standard InChI is InChI=1S/C14H17F2NO5S/c1-9(22-8-10-3-2-6-21-10)14(18)17-23(19,20)11-4-5-12(15)13(16)7-11/h4-5,7,9-10H,2-3,6,8H2,1H3,(H,17,18)/t9-,10+/m0/s1. The second-order valence-electron chi connectivity index (χ2n) is 5.16. The zero-order valence-electron chi connectivity index (χ0n) is 12.4. The van der Waals surface area contributed by atoms with Gasteiger partial charge in [0, 0.05) is 6.61 Å². The van der Waals surface area contributed by atoms with Crippen LogP contribution in [0.4, 0.5) is 8.78 Å². The predicted molar refractivity (Wildman–Crippen MR) is 76.1 cm³/mol. The van der Waals surface area contributed by atoms with Gasteiger partial charge in [0.05, 0.1) is 17.6 Å². The summed E-state index contributed by atoms with van der Waals surface area (Å²) in [5.74, 6) is -3.39. The number of hydrogen-bond acceptors (Lipinski definition) is 5. The van der Waals surface area contributed by atoms with Crippen molar-refractivity contribution in [1.82, 2.24) is 4.72 Å². The normalized spacial score (nSPS) is 19.5. The average Bonchev–Trinajstić information content (AvgIpc) is 3.00. The molecule has 23 heavy (non-hydrogen) atoms. The van der Waals surface area contributed by atoms with E-state index in [1.807, 2.05) is 0 Å². The number of carbonyl (C=O) groups is 1. The fourth-order valence-corrected chi connectivity index (χ4v) is 3.08. The summed E-state index contributed by atoms with van der Waals surface area (Å²) in [4.78, 5) is 11.3. The Labute approximate surface area is 132 Å². The highest BCUT2D eigenvalue weighted by molar-refractivity contribution is 7.90. The van der Waals surface area contributed by atoms with Crippen LogP contribution in [-0.2, 0) is 24.3 Å². The van der Waals surface area contributed by atoms with Crippen molar-refractivity contribution in [3.8, 4) is 0 Å². The molecule has 2 rings (SSSR count). The lowest BCUT2D eigenvalue weighted by molar-refractivity contribution is -0.131. The van der Waals surface area contributed by atoms with Crippen LogP contribution >= 0.6 is 0 Å². The molecule has 0 spiro atoms. The number of nitrogens with one attached hydrogen (secondary N) is 1. The van der Waals surface area contributed by atoms with E-state index < -0.39 is 38.6 Å². The smallest absolute Gasteiger partial charge is 0.264 e. The lowest BCUT2D eigenvalue weighted by Gasteiger charge is -2.16. The minimum Gasteiger partial charge on any atom is -0.376 e. The maximum Gasteiger partial charge on any atom is 0.264 e. The molecule has 0 aromatic heterocycles. The van der Waals surface area contributed by atoms with E-state index in [9.17, 15) is 22.0 Å². The third-order valence-electron chi connectivity index (χ3n) is 3.36. The topological polar surface area (TPSA) is 81.7 Å². The van der Waals surface area contributed by atoms with Crippen molar-refractivity contribution in [2.75, 3.05) is 13.2 Å². The van der Waals surface area contributed by atoms with Gasteiger partial charge in [0.2, 0.25) is 0 Å². The first-order valence-electron chi connectivity index (χ1n) is 7.04. The number of halogens is 2. The molecule has 1 N–H and O–H groups in total. The Hall–Kier alpha value is -1.58. The number of benzene rings is 1. The van der Waals surface area contributed by atoms with Crippen molar-refractivity contribution in [2.24, 2.45) is 0 Å². The maximum atomic E-state index is 13.1. The summed E-state index contributed by atoms with van der Waals surface area (Å²) in [6.45, 7) is 2.21. The number of sulfonamides is 1. The Morgan fingerprint density at radius 3 is 2.78 bits per heavy atom. The molecule has 0 unspecified atom stereocenters. The monoisotopic (exact) mass is 349 g/mol. The van der Waals surface area contributed by atoms with Crippen LogP contribution in [0.1, 0.15) is 19.8 Å². The third kappa shape index (κ3) is 4.69. The molecule has 128 valence electrons. The summed E-state index contributed by atoms with van der Waals surface area (Å²) in [7, 11) is -4.30. The summed E-state index contributed by atoms with van der Waals surface area (Å²) in [5.41, 5.74) is 0. The Balaban J connectivity index is 1.95. The van der Waals surface area contributed by atoms with E-state index in [-0.39, 0.29) is 12.7 Å². The lowest BCUT2D eigenvalue weighted by Crippen LogP contribution is -2.39. The molecule has 1 aromatic rings. The van der Waals surface area contributed by atoms with Gasteiger partial charge < -0.3 is 9.47 Å². The van der Waals surface area contributed by atoms with Crippen molar-refractivity contribution in [3.63, 3.8) is 0 Å². The number of rotatable bonds is 6. The fraction of sp³-hybridized carbons (Fsp3) is 0.500. The summed E-state index contributed by atoms with van der Waals surface area (Å²) < 4.78 is 62.3. The van der Waals surface area contributed by atoms with Crippen molar-refractivity contribution in [3.05, 3.63) is 29.8 Å². The highest BCUT2D eigenvalue weighted by Gasteiger charge is 2.25. The number of carbonyl (C=O) groups excluding carboxylic acids is 1. The maximum absolute atomic E-state index is 13.1. The van der Waals surface area contributed by atoms with Gasteiger partial charge in [-0.15, -0.1) is 0 Å². The highest BCUT2D eigenvalue weighted by Crippen LogP contribution is 2.15. The van der Waals surface area contributed by atoms with E-state index in [1.165, 1.54) is 6.92 Å². The van der Waals surface area contributed by atoms with Gasteiger partial charge in [-0.2, -0.15) is 0 Å². The molecule has 0 saturated carbocycles. The Morgan fingerprint density at radius 2 is 2.17 bits per heavy atom. The lowest BCUT2D eigenvalue weighted by atomic mass is 10.2. The molecule has 1 aliphatic rings. The van der Waals surface area contributed by atoms with Crippen molar-refractivity contribution < 1.29 is 31.5 Å². The first-order chi connectivity index (χ1) is 10.8. The van der Waals surface area contributed by atoms with Crippen LogP contribution in [0, 0.1) is 11.6 Å². The molecular formula is C14H17F2NO5S. The van der Waals surface area contributed by atoms with Crippen molar-refractivity contribution in [2.45, 2.75) is 36.9 Å². The van der Waals surface area contributed by atoms with Gasteiger partial charge in [-0.05, 0) is 38.0 Å².